The average molecular weight is 260 g/mol. The Balaban J connectivity index is 2.30. The Morgan fingerprint density at radius 2 is 2.11 bits per heavy atom. The van der Waals surface area contributed by atoms with Gasteiger partial charge in [-0.15, -0.1) is 0 Å². The average Bonchev–Trinajstić information content (AvgIpc) is 2.67. The Kier molecular flexibility index (Phi) is 4.48. The van der Waals surface area contributed by atoms with Crippen molar-refractivity contribution in [1.82, 2.24) is 9.88 Å². The van der Waals surface area contributed by atoms with Gasteiger partial charge in [0.15, 0.2) is 0 Å². The summed E-state index contributed by atoms with van der Waals surface area (Å²) in [6.45, 7) is 6.48. The van der Waals surface area contributed by atoms with Crippen LogP contribution in [0.1, 0.15) is 24.6 Å². The molecule has 3 heteroatoms. The fraction of sp³-hybridized carbons (Fsp3) is 0.500. The highest BCUT2D eigenvalue weighted by molar-refractivity contribution is 5.86. The van der Waals surface area contributed by atoms with E-state index in [1.807, 2.05) is 0 Å². The van der Waals surface area contributed by atoms with Crippen LogP contribution in [0.2, 0.25) is 0 Å². The molecule has 0 fully saturated rings. The van der Waals surface area contributed by atoms with Crippen LogP contribution in [0.5, 0.6) is 5.75 Å². The second kappa shape index (κ2) is 6.11. The van der Waals surface area contributed by atoms with Crippen molar-refractivity contribution in [2.24, 2.45) is 7.05 Å². The number of fused-ring (bicyclic) bond motifs is 1. The van der Waals surface area contributed by atoms with Gasteiger partial charge in [-0.1, -0.05) is 6.92 Å². The summed E-state index contributed by atoms with van der Waals surface area (Å²) < 4.78 is 7.58. The Labute approximate surface area is 115 Å². The largest absolute Gasteiger partial charge is 0.497 e. The minimum absolute atomic E-state index is 0.923. The Morgan fingerprint density at radius 3 is 2.79 bits per heavy atom. The number of nitrogens with one attached hydrogen (secondary N) is 1. The van der Waals surface area contributed by atoms with Crippen molar-refractivity contribution in [3.8, 4) is 5.75 Å². The van der Waals surface area contributed by atoms with Crippen molar-refractivity contribution in [3.05, 3.63) is 29.5 Å². The molecular formula is C16H24N2O. The van der Waals surface area contributed by atoms with E-state index in [0.29, 0.717) is 0 Å². The van der Waals surface area contributed by atoms with Gasteiger partial charge in [-0.3, -0.25) is 0 Å². The fourth-order valence-corrected chi connectivity index (χ4v) is 2.63. The molecule has 0 unspecified atom stereocenters. The number of methoxy groups -OCH3 is 1. The van der Waals surface area contributed by atoms with Gasteiger partial charge in [0, 0.05) is 24.2 Å². The highest BCUT2D eigenvalue weighted by Gasteiger charge is 2.12. The minimum Gasteiger partial charge on any atom is -0.497 e. The molecule has 2 rings (SSSR count). The molecule has 0 spiro atoms. The lowest BCUT2D eigenvalue weighted by Gasteiger charge is -2.03. The van der Waals surface area contributed by atoms with Crippen LogP contribution in [0.4, 0.5) is 0 Å². The molecule has 1 N–H and O–H groups in total. The molecule has 1 aromatic carbocycles. The molecule has 2 aromatic rings. The lowest BCUT2D eigenvalue weighted by molar-refractivity contribution is 0.415. The topological polar surface area (TPSA) is 26.2 Å². The van der Waals surface area contributed by atoms with Crippen molar-refractivity contribution in [1.29, 1.82) is 0 Å². The molecule has 0 radical (unpaired) electrons. The van der Waals surface area contributed by atoms with Crippen LogP contribution in [0.3, 0.4) is 0 Å². The van der Waals surface area contributed by atoms with Crippen LogP contribution in [-0.4, -0.2) is 24.8 Å². The highest BCUT2D eigenvalue weighted by Crippen LogP contribution is 2.29. The van der Waals surface area contributed by atoms with Crippen molar-refractivity contribution in [3.63, 3.8) is 0 Å². The van der Waals surface area contributed by atoms with E-state index in [4.69, 9.17) is 4.74 Å². The van der Waals surface area contributed by atoms with E-state index in [1.165, 1.54) is 28.6 Å². The summed E-state index contributed by atoms with van der Waals surface area (Å²) in [6.07, 6.45) is 2.31. The van der Waals surface area contributed by atoms with Gasteiger partial charge in [0.05, 0.1) is 12.6 Å². The van der Waals surface area contributed by atoms with Crippen molar-refractivity contribution in [2.75, 3.05) is 20.2 Å². The number of rotatable bonds is 6. The molecular weight excluding hydrogens is 236 g/mol. The zero-order chi connectivity index (χ0) is 13.8. The van der Waals surface area contributed by atoms with Crippen LogP contribution in [0, 0.1) is 6.92 Å². The van der Waals surface area contributed by atoms with E-state index < -0.39 is 0 Å². The molecule has 19 heavy (non-hydrogen) atoms. The van der Waals surface area contributed by atoms with E-state index >= 15 is 0 Å². The Morgan fingerprint density at radius 1 is 1.32 bits per heavy atom. The maximum absolute atomic E-state index is 5.32. The van der Waals surface area contributed by atoms with Gasteiger partial charge < -0.3 is 14.6 Å². The van der Waals surface area contributed by atoms with Crippen LogP contribution in [0.15, 0.2) is 18.2 Å². The van der Waals surface area contributed by atoms with Gasteiger partial charge >= 0.3 is 0 Å². The lowest BCUT2D eigenvalue weighted by Crippen LogP contribution is -2.14. The molecule has 1 heterocycles. The standard InChI is InChI=1S/C16H24N2O/c1-5-17-10-6-7-14-12(2)18(3)16-11-13(19-4)8-9-15(14)16/h8-9,11,17H,5-7,10H2,1-4H3. The van der Waals surface area contributed by atoms with Crippen LogP contribution < -0.4 is 10.1 Å². The predicted octanol–water partition coefficient (Wildman–Crippen LogP) is 3.04. The first-order valence-corrected chi connectivity index (χ1v) is 7.01. The number of aromatic nitrogens is 1. The van der Waals surface area contributed by atoms with Crippen molar-refractivity contribution < 1.29 is 4.74 Å². The SMILES string of the molecule is CCNCCCc1c(C)n(C)c2cc(OC)ccc12. The quantitative estimate of drug-likeness (QED) is 0.808. The molecule has 0 saturated heterocycles. The number of aryl methyl sites for hydroxylation is 2. The van der Waals surface area contributed by atoms with Crippen LogP contribution in [-0.2, 0) is 13.5 Å². The number of hydrogen-bond acceptors (Lipinski definition) is 2. The number of ether oxygens (including phenoxy) is 1. The summed E-state index contributed by atoms with van der Waals surface area (Å²) in [5.41, 5.74) is 4.09. The first-order valence-electron chi connectivity index (χ1n) is 7.01. The van der Waals surface area contributed by atoms with E-state index in [0.717, 1.165) is 25.3 Å². The molecule has 0 aliphatic rings. The minimum atomic E-state index is 0.923. The van der Waals surface area contributed by atoms with Gasteiger partial charge in [0.25, 0.3) is 0 Å². The Bertz CT molecular complexity index is 557. The third-order valence-electron chi connectivity index (χ3n) is 3.86. The maximum Gasteiger partial charge on any atom is 0.120 e. The predicted molar refractivity (Wildman–Crippen MR) is 81.1 cm³/mol. The van der Waals surface area contributed by atoms with Crippen molar-refractivity contribution >= 4 is 10.9 Å². The molecule has 0 aliphatic carbocycles. The van der Waals surface area contributed by atoms with Gasteiger partial charge in [-0.05, 0) is 50.6 Å². The van der Waals surface area contributed by atoms with Gasteiger partial charge in [-0.25, -0.2) is 0 Å². The second-order valence-electron chi connectivity index (χ2n) is 4.96. The number of benzene rings is 1. The molecule has 3 nitrogen and oxygen atoms in total. The first kappa shape index (κ1) is 13.9. The van der Waals surface area contributed by atoms with E-state index in [9.17, 15) is 0 Å². The molecule has 1 aromatic heterocycles. The highest BCUT2D eigenvalue weighted by atomic mass is 16.5. The third-order valence-corrected chi connectivity index (χ3v) is 3.86. The monoisotopic (exact) mass is 260 g/mol. The molecule has 104 valence electrons. The Hall–Kier alpha value is -1.48. The summed E-state index contributed by atoms with van der Waals surface area (Å²) >= 11 is 0. The summed E-state index contributed by atoms with van der Waals surface area (Å²) in [6, 6.07) is 6.36. The molecule has 0 amide bonds. The molecule has 0 bridgehead atoms. The second-order valence-corrected chi connectivity index (χ2v) is 4.96. The summed E-state index contributed by atoms with van der Waals surface area (Å²) in [7, 11) is 3.85. The first-order chi connectivity index (χ1) is 9.19. The number of nitrogens with zero attached hydrogens (tertiary/aromatic N) is 1. The summed E-state index contributed by atoms with van der Waals surface area (Å²) in [4.78, 5) is 0. The van der Waals surface area contributed by atoms with E-state index in [-0.39, 0.29) is 0 Å². The smallest absolute Gasteiger partial charge is 0.120 e. The molecule has 0 saturated carbocycles. The zero-order valence-electron chi connectivity index (χ0n) is 12.4. The molecule has 0 atom stereocenters. The molecule has 0 aliphatic heterocycles. The maximum atomic E-state index is 5.32. The van der Waals surface area contributed by atoms with E-state index in [2.05, 4.69) is 49.0 Å². The van der Waals surface area contributed by atoms with Crippen LogP contribution in [0.25, 0.3) is 10.9 Å². The van der Waals surface area contributed by atoms with Gasteiger partial charge in [-0.2, -0.15) is 0 Å². The lowest BCUT2D eigenvalue weighted by atomic mass is 10.1. The van der Waals surface area contributed by atoms with E-state index in [1.54, 1.807) is 7.11 Å². The number of hydrogen-bond donors (Lipinski definition) is 1. The third kappa shape index (κ3) is 2.76. The van der Waals surface area contributed by atoms with Crippen LogP contribution >= 0.6 is 0 Å². The van der Waals surface area contributed by atoms with Gasteiger partial charge in [0.2, 0.25) is 0 Å². The van der Waals surface area contributed by atoms with Crippen molar-refractivity contribution in [2.45, 2.75) is 26.7 Å². The summed E-state index contributed by atoms with van der Waals surface area (Å²) in [5.74, 6) is 0.923. The van der Waals surface area contributed by atoms with Gasteiger partial charge in [0.1, 0.15) is 5.75 Å². The fourth-order valence-electron chi connectivity index (χ4n) is 2.63. The summed E-state index contributed by atoms with van der Waals surface area (Å²) in [5, 5.41) is 4.74. The normalized spacial score (nSPS) is 11.2. The zero-order valence-corrected chi connectivity index (χ0v) is 12.4.